The second-order valence-corrected chi connectivity index (χ2v) is 7.51. The summed E-state index contributed by atoms with van der Waals surface area (Å²) in [5, 5.41) is 2.93. The topological polar surface area (TPSA) is 75.2 Å². The van der Waals surface area contributed by atoms with Crippen molar-refractivity contribution in [3.8, 4) is 5.69 Å². The van der Waals surface area contributed by atoms with E-state index in [1.165, 1.54) is 15.1 Å². The summed E-state index contributed by atoms with van der Waals surface area (Å²) in [6.45, 7) is 2.96. The number of H-pyrrole nitrogens is 1. The Kier molecular flexibility index (Phi) is 3.92. The van der Waals surface area contributed by atoms with Crippen LogP contribution in [0, 0.1) is 6.92 Å². The fourth-order valence-electron chi connectivity index (χ4n) is 2.73. The molecule has 2 heterocycles. The van der Waals surface area contributed by atoms with Crippen LogP contribution in [0.1, 0.15) is 25.0 Å². The zero-order valence-electron chi connectivity index (χ0n) is 12.4. The molecule has 0 radical (unpaired) electrons. The van der Waals surface area contributed by atoms with E-state index in [-0.39, 0.29) is 10.5 Å². The molecule has 0 spiro atoms. The smallest absolute Gasteiger partial charge is 0.271 e. The van der Waals surface area contributed by atoms with Gasteiger partial charge in [-0.2, -0.15) is 4.31 Å². The Morgan fingerprint density at radius 2 is 1.68 bits per heavy atom. The molecule has 2 aromatic rings. The van der Waals surface area contributed by atoms with Gasteiger partial charge < -0.3 is 0 Å². The lowest BCUT2D eigenvalue weighted by Gasteiger charge is -2.25. The fourth-order valence-corrected chi connectivity index (χ4v) is 4.24. The summed E-state index contributed by atoms with van der Waals surface area (Å²) in [4.78, 5) is 12.0. The minimum atomic E-state index is -3.43. The number of piperidine rings is 1. The van der Waals surface area contributed by atoms with Gasteiger partial charge in [-0.15, -0.1) is 0 Å². The van der Waals surface area contributed by atoms with Gasteiger partial charge in [0.2, 0.25) is 10.0 Å². The van der Waals surface area contributed by atoms with Crippen molar-refractivity contribution in [2.24, 2.45) is 0 Å². The molecule has 7 heteroatoms. The number of hydrogen-bond acceptors (Lipinski definition) is 3. The fraction of sp³-hybridized carbons (Fsp3) is 0.400. The summed E-state index contributed by atoms with van der Waals surface area (Å²) in [6.07, 6.45) is 2.91. The summed E-state index contributed by atoms with van der Waals surface area (Å²) in [7, 11) is -3.43. The van der Waals surface area contributed by atoms with Crippen molar-refractivity contribution >= 4 is 10.0 Å². The molecule has 1 aliphatic heterocycles. The van der Waals surface area contributed by atoms with Crippen molar-refractivity contribution in [1.82, 2.24) is 14.1 Å². The maximum absolute atomic E-state index is 12.6. The van der Waals surface area contributed by atoms with E-state index < -0.39 is 10.0 Å². The van der Waals surface area contributed by atoms with Gasteiger partial charge in [0.15, 0.2) is 0 Å². The maximum Gasteiger partial charge on any atom is 0.271 e. The van der Waals surface area contributed by atoms with E-state index in [0.717, 1.165) is 25.0 Å². The van der Waals surface area contributed by atoms with Gasteiger partial charge in [-0.3, -0.25) is 9.89 Å². The molecule has 3 rings (SSSR count). The highest BCUT2D eigenvalue weighted by atomic mass is 32.2. The van der Waals surface area contributed by atoms with E-state index >= 15 is 0 Å². The molecule has 0 amide bonds. The Morgan fingerprint density at radius 1 is 1.05 bits per heavy atom. The average molecular weight is 321 g/mol. The number of rotatable bonds is 3. The second kappa shape index (κ2) is 5.73. The monoisotopic (exact) mass is 321 g/mol. The lowest BCUT2D eigenvalue weighted by atomic mass is 10.2. The molecule has 0 bridgehead atoms. The minimum Gasteiger partial charge on any atom is -0.295 e. The molecule has 0 saturated carbocycles. The summed E-state index contributed by atoms with van der Waals surface area (Å²) in [6, 6.07) is 7.91. The largest absolute Gasteiger partial charge is 0.295 e. The van der Waals surface area contributed by atoms with Crippen molar-refractivity contribution in [3.63, 3.8) is 0 Å². The standard InChI is InChI=1S/C15H19N3O3S/c1-12-11-15(19)18(16-12)13-5-7-14(8-6-13)22(20,21)17-9-3-2-4-10-17/h5-8,11,16H,2-4,9-10H2,1H3. The zero-order valence-corrected chi connectivity index (χ0v) is 13.3. The molecule has 22 heavy (non-hydrogen) atoms. The normalized spacial score (nSPS) is 16.8. The number of aromatic amines is 1. The van der Waals surface area contributed by atoms with E-state index in [4.69, 9.17) is 0 Å². The molecule has 118 valence electrons. The zero-order chi connectivity index (χ0) is 15.7. The average Bonchev–Trinajstić information content (AvgIpc) is 2.87. The molecule has 0 unspecified atom stereocenters. The van der Waals surface area contributed by atoms with Crippen molar-refractivity contribution < 1.29 is 8.42 Å². The van der Waals surface area contributed by atoms with Crippen LogP contribution < -0.4 is 5.56 Å². The summed E-state index contributed by atoms with van der Waals surface area (Å²) >= 11 is 0. The predicted molar refractivity (Wildman–Crippen MR) is 83.7 cm³/mol. The number of aromatic nitrogens is 2. The number of benzene rings is 1. The summed E-state index contributed by atoms with van der Waals surface area (Å²) in [5.41, 5.74) is 1.22. The van der Waals surface area contributed by atoms with Crippen LogP contribution >= 0.6 is 0 Å². The molecule has 1 aromatic carbocycles. The molecular weight excluding hydrogens is 302 g/mol. The van der Waals surface area contributed by atoms with Crippen LogP contribution in [0.15, 0.2) is 40.0 Å². The lowest BCUT2D eigenvalue weighted by Crippen LogP contribution is -2.35. The van der Waals surface area contributed by atoms with Crippen LogP contribution in [0.2, 0.25) is 0 Å². The maximum atomic E-state index is 12.6. The van der Waals surface area contributed by atoms with Crippen LogP contribution in [-0.4, -0.2) is 35.6 Å². The Balaban J connectivity index is 1.91. The molecule has 1 N–H and O–H groups in total. The van der Waals surface area contributed by atoms with Gasteiger partial charge in [0.05, 0.1) is 10.6 Å². The Hall–Kier alpha value is -1.86. The molecule has 0 aliphatic carbocycles. The highest BCUT2D eigenvalue weighted by molar-refractivity contribution is 7.89. The van der Waals surface area contributed by atoms with Crippen LogP contribution in [-0.2, 0) is 10.0 Å². The lowest BCUT2D eigenvalue weighted by molar-refractivity contribution is 0.346. The molecular formula is C15H19N3O3S. The van der Waals surface area contributed by atoms with Gasteiger partial charge in [-0.05, 0) is 44.0 Å². The Bertz CT molecular complexity index is 812. The summed E-state index contributed by atoms with van der Waals surface area (Å²) in [5.74, 6) is 0. The number of nitrogens with zero attached hydrogens (tertiary/aromatic N) is 2. The van der Waals surface area contributed by atoms with Gasteiger partial charge >= 0.3 is 0 Å². The van der Waals surface area contributed by atoms with Gasteiger partial charge in [0.25, 0.3) is 5.56 Å². The number of nitrogens with one attached hydrogen (secondary N) is 1. The molecule has 1 aliphatic rings. The van der Waals surface area contributed by atoms with Crippen molar-refractivity contribution in [2.45, 2.75) is 31.1 Å². The van der Waals surface area contributed by atoms with E-state index in [9.17, 15) is 13.2 Å². The summed E-state index contributed by atoms with van der Waals surface area (Å²) < 4.78 is 28.0. The van der Waals surface area contributed by atoms with Crippen LogP contribution in [0.3, 0.4) is 0 Å². The van der Waals surface area contributed by atoms with Crippen molar-refractivity contribution in [1.29, 1.82) is 0 Å². The van der Waals surface area contributed by atoms with E-state index in [0.29, 0.717) is 18.8 Å². The predicted octanol–water partition coefficient (Wildman–Crippen LogP) is 1.65. The molecule has 0 atom stereocenters. The van der Waals surface area contributed by atoms with Gasteiger partial charge in [-0.1, -0.05) is 6.42 Å². The minimum absolute atomic E-state index is 0.163. The first-order chi connectivity index (χ1) is 10.5. The molecule has 6 nitrogen and oxygen atoms in total. The third-order valence-electron chi connectivity index (χ3n) is 3.90. The molecule has 1 saturated heterocycles. The third-order valence-corrected chi connectivity index (χ3v) is 5.81. The first kappa shape index (κ1) is 15.1. The van der Waals surface area contributed by atoms with Crippen LogP contribution in [0.4, 0.5) is 0 Å². The van der Waals surface area contributed by atoms with Crippen molar-refractivity contribution in [2.75, 3.05) is 13.1 Å². The Morgan fingerprint density at radius 3 is 2.23 bits per heavy atom. The van der Waals surface area contributed by atoms with E-state index in [1.54, 1.807) is 31.2 Å². The number of hydrogen-bond donors (Lipinski definition) is 1. The first-order valence-electron chi connectivity index (χ1n) is 7.38. The Labute approximate surface area is 129 Å². The van der Waals surface area contributed by atoms with Gasteiger partial charge in [-0.25, -0.2) is 13.1 Å². The third kappa shape index (κ3) is 2.74. The highest BCUT2D eigenvalue weighted by Gasteiger charge is 2.25. The van der Waals surface area contributed by atoms with Crippen LogP contribution in [0.25, 0.3) is 5.69 Å². The second-order valence-electron chi connectivity index (χ2n) is 5.57. The van der Waals surface area contributed by atoms with E-state index in [1.807, 2.05) is 0 Å². The van der Waals surface area contributed by atoms with Gasteiger partial charge in [0.1, 0.15) is 0 Å². The first-order valence-corrected chi connectivity index (χ1v) is 8.82. The molecule has 1 aromatic heterocycles. The molecule has 1 fully saturated rings. The highest BCUT2D eigenvalue weighted by Crippen LogP contribution is 2.21. The SMILES string of the molecule is Cc1cc(=O)n(-c2ccc(S(=O)(=O)N3CCCCC3)cc2)[nH]1. The quantitative estimate of drug-likeness (QED) is 0.934. The van der Waals surface area contributed by atoms with Crippen molar-refractivity contribution in [3.05, 3.63) is 46.4 Å². The van der Waals surface area contributed by atoms with Gasteiger partial charge in [0, 0.05) is 24.8 Å². The van der Waals surface area contributed by atoms with E-state index in [2.05, 4.69) is 5.10 Å². The number of aryl methyl sites for hydroxylation is 1. The number of sulfonamides is 1. The van der Waals surface area contributed by atoms with Crippen LogP contribution in [0.5, 0.6) is 0 Å².